The average Bonchev–Trinajstić information content (AvgIpc) is 2.48. The number of benzene rings is 1. The number of ether oxygens (including phenoxy) is 1. The molecule has 0 radical (unpaired) electrons. The van der Waals surface area contributed by atoms with E-state index >= 15 is 0 Å². The van der Waals surface area contributed by atoms with Gasteiger partial charge >= 0.3 is 0 Å². The molecule has 0 saturated heterocycles. The predicted molar refractivity (Wildman–Crippen MR) is 89.8 cm³/mol. The zero-order valence-electron chi connectivity index (χ0n) is 12.5. The Kier molecular flexibility index (Phi) is 5.89. The number of rotatable bonds is 6. The summed E-state index contributed by atoms with van der Waals surface area (Å²) in [6.07, 6.45) is 8.38. The first-order valence-corrected chi connectivity index (χ1v) is 8.83. The molecule has 1 aromatic rings. The largest absolute Gasteiger partial charge is 0.491 e. The molecule has 1 aliphatic rings. The van der Waals surface area contributed by atoms with Crippen LogP contribution in [0.2, 0.25) is 0 Å². The van der Waals surface area contributed by atoms with E-state index < -0.39 is 0 Å². The number of hydrogen-bond donors (Lipinski definition) is 2. The van der Waals surface area contributed by atoms with E-state index in [0.717, 1.165) is 28.8 Å². The van der Waals surface area contributed by atoms with Crippen LogP contribution in [0.4, 0.5) is 11.4 Å². The summed E-state index contributed by atoms with van der Waals surface area (Å²) in [6.45, 7) is 2.81. The molecule has 1 aliphatic carbocycles. The molecule has 2 atom stereocenters. The Morgan fingerprint density at radius 3 is 3.00 bits per heavy atom. The van der Waals surface area contributed by atoms with E-state index in [0.29, 0.717) is 12.6 Å². The van der Waals surface area contributed by atoms with Crippen LogP contribution in [0.15, 0.2) is 18.2 Å². The first-order chi connectivity index (χ1) is 9.72. The van der Waals surface area contributed by atoms with Crippen LogP contribution in [0.5, 0.6) is 5.75 Å². The molecule has 0 spiro atoms. The maximum atomic E-state index is 5.95. The minimum absolute atomic E-state index is 0.573. The summed E-state index contributed by atoms with van der Waals surface area (Å²) in [4.78, 5) is 0. The van der Waals surface area contributed by atoms with E-state index in [-0.39, 0.29) is 0 Å². The first kappa shape index (κ1) is 15.4. The van der Waals surface area contributed by atoms with Gasteiger partial charge in [-0.25, -0.2) is 0 Å². The van der Waals surface area contributed by atoms with E-state index in [1.807, 2.05) is 23.9 Å². The van der Waals surface area contributed by atoms with E-state index in [9.17, 15) is 0 Å². The van der Waals surface area contributed by atoms with Crippen molar-refractivity contribution in [1.82, 2.24) is 0 Å². The Balaban J connectivity index is 1.98. The maximum Gasteiger partial charge on any atom is 0.144 e. The first-order valence-electron chi connectivity index (χ1n) is 7.54. The Bertz CT molecular complexity index is 425. The molecule has 0 aliphatic heterocycles. The van der Waals surface area contributed by atoms with Gasteiger partial charge in [-0.2, -0.15) is 11.8 Å². The van der Waals surface area contributed by atoms with Gasteiger partial charge in [0.1, 0.15) is 5.75 Å². The lowest BCUT2D eigenvalue weighted by atomic mass is 9.94. The molecule has 4 heteroatoms. The molecule has 0 amide bonds. The predicted octanol–water partition coefficient (Wildman–Crippen LogP) is 4.14. The van der Waals surface area contributed by atoms with Crippen LogP contribution in [0.3, 0.4) is 0 Å². The second-order valence-electron chi connectivity index (χ2n) is 5.47. The van der Waals surface area contributed by atoms with E-state index in [1.165, 1.54) is 25.7 Å². The van der Waals surface area contributed by atoms with Crippen molar-refractivity contribution in [2.75, 3.05) is 23.9 Å². The zero-order valence-corrected chi connectivity index (χ0v) is 13.3. The normalized spacial score (nSPS) is 22.5. The van der Waals surface area contributed by atoms with Crippen molar-refractivity contribution in [3.05, 3.63) is 18.2 Å². The fraction of sp³-hybridized carbons (Fsp3) is 0.625. The SMILES string of the molecule is CCCOc1cc(NC2CCCC(SC)C2)ccc1N. The molecule has 1 saturated carbocycles. The minimum Gasteiger partial charge on any atom is -0.491 e. The van der Waals surface area contributed by atoms with Gasteiger partial charge in [0.25, 0.3) is 0 Å². The second-order valence-corrected chi connectivity index (χ2v) is 6.60. The summed E-state index contributed by atoms with van der Waals surface area (Å²) in [5.74, 6) is 0.800. The van der Waals surface area contributed by atoms with Crippen LogP contribution in [0.1, 0.15) is 39.0 Å². The third-order valence-corrected chi connectivity index (χ3v) is 4.90. The van der Waals surface area contributed by atoms with Gasteiger partial charge in [-0.05, 0) is 44.1 Å². The molecular formula is C16H26N2OS. The van der Waals surface area contributed by atoms with Gasteiger partial charge in [-0.15, -0.1) is 0 Å². The van der Waals surface area contributed by atoms with Crippen LogP contribution in [-0.4, -0.2) is 24.2 Å². The van der Waals surface area contributed by atoms with Crippen molar-refractivity contribution in [3.63, 3.8) is 0 Å². The molecule has 2 unspecified atom stereocenters. The van der Waals surface area contributed by atoms with Crippen molar-refractivity contribution in [2.45, 2.75) is 50.3 Å². The summed E-state index contributed by atoms with van der Waals surface area (Å²) < 4.78 is 5.69. The van der Waals surface area contributed by atoms with Gasteiger partial charge in [0.05, 0.1) is 12.3 Å². The highest BCUT2D eigenvalue weighted by atomic mass is 32.2. The fourth-order valence-corrected chi connectivity index (χ4v) is 3.51. The molecule has 0 heterocycles. The van der Waals surface area contributed by atoms with Gasteiger partial charge in [0, 0.05) is 23.0 Å². The number of nitrogens with two attached hydrogens (primary N) is 1. The zero-order chi connectivity index (χ0) is 14.4. The van der Waals surface area contributed by atoms with Crippen LogP contribution in [0, 0.1) is 0 Å². The average molecular weight is 294 g/mol. The molecule has 1 aromatic carbocycles. The third kappa shape index (κ3) is 4.23. The summed E-state index contributed by atoms with van der Waals surface area (Å²) in [5, 5.41) is 4.44. The molecule has 1 fully saturated rings. The Hall–Kier alpha value is -1.03. The lowest BCUT2D eigenvalue weighted by Crippen LogP contribution is -2.28. The fourth-order valence-electron chi connectivity index (χ4n) is 2.69. The highest BCUT2D eigenvalue weighted by Gasteiger charge is 2.21. The number of thioether (sulfide) groups is 1. The van der Waals surface area contributed by atoms with Gasteiger partial charge in [0.15, 0.2) is 0 Å². The Labute approximate surface area is 126 Å². The second kappa shape index (κ2) is 7.67. The van der Waals surface area contributed by atoms with Crippen molar-refractivity contribution >= 4 is 23.1 Å². The topological polar surface area (TPSA) is 47.3 Å². The summed E-state index contributed by atoms with van der Waals surface area (Å²) >= 11 is 1.99. The number of anilines is 2. The molecule has 0 aromatic heterocycles. The molecule has 112 valence electrons. The van der Waals surface area contributed by atoms with Crippen LogP contribution >= 0.6 is 11.8 Å². The van der Waals surface area contributed by atoms with E-state index in [2.05, 4.69) is 24.6 Å². The molecule has 3 N–H and O–H groups in total. The minimum atomic E-state index is 0.573. The highest BCUT2D eigenvalue weighted by Crippen LogP contribution is 2.31. The van der Waals surface area contributed by atoms with Gasteiger partial charge < -0.3 is 15.8 Å². The highest BCUT2D eigenvalue weighted by molar-refractivity contribution is 7.99. The van der Waals surface area contributed by atoms with E-state index in [1.54, 1.807) is 0 Å². The molecule has 0 bridgehead atoms. The van der Waals surface area contributed by atoms with Crippen molar-refractivity contribution in [1.29, 1.82) is 0 Å². The number of nitrogen functional groups attached to an aromatic ring is 1. The molecular weight excluding hydrogens is 268 g/mol. The lowest BCUT2D eigenvalue weighted by molar-refractivity contribution is 0.319. The monoisotopic (exact) mass is 294 g/mol. The van der Waals surface area contributed by atoms with Crippen molar-refractivity contribution < 1.29 is 4.74 Å². The Morgan fingerprint density at radius 1 is 1.40 bits per heavy atom. The van der Waals surface area contributed by atoms with E-state index in [4.69, 9.17) is 10.5 Å². The molecule has 20 heavy (non-hydrogen) atoms. The van der Waals surface area contributed by atoms with Gasteiger partial charge in [-0.1, -0.05) is 13.3 Å². The molecule has 3 nitrogen and oxygen atoms in total. The summed E-state index contributed by atoms with van der Waals surface area (Å²) in [6, 6.07) is 6.59. The third-order valence-electron chi connectivity index (χ3n) is 3.81. The van der Waals surface area contributed by atoms with Crippen LogP contribution < -0.4 is 15.8 Å². The standard InChI is InChI=1S/C16H26N2OS/c1-3-9-19-16-11-13(7-8-15(16)17)18-12-5-4-6-14(10-12)20-2/h7-8,11-12,14,18H,3-6,9-10,17H2,1-2H3. The van der Waals surface area contributed by atoms with Crippen LogP contribution in [0.25, 0.3) is 0 Å². The quantitative estimate of drug-likeness (QED) is 0.774. The molecule has 2 rings (SSSR count). The van der Waals surface area contributed by atoms with Gasteiger partial charge in [0.2, 0.25) is 0 Å². The maximum absolute atomic E-state index is 5.95. The van der Waals surface area contributed by atoms with Crippen molar-refractivity contribution in [3.8, 4) is 5.75 Å². The summed E-state index contributed by atoms with van der Waals surface area (Å²) in [7, 11) is 0. The lowest BCUT2D eigenvalue weighted by Gasteiger charge is -2.29. The van der Waals surface area contributed by atoms with Gasteiger partial charge in [-0.3, -0.25) is 0 Å². The smallest absolute Gasteiger partial charge is 0.144 e. The van der Waals surface area contributed by atoms with Crippen molar-refractivity contribution in [2.24, 2.45) is 0 Å². The number of nitrogens with one attached hydrogen (secondary N) is 1. The Morgan fingerprint density at radius 2 is 2.25 bits per heavy atom. The summed E-state index contributed by atoms with van der Waals surface area (Å²) in [5.41, 5.74) is 7.79. The van der Waals surface area contributed by atoms with Crippen LogP contribution in [-0.2, 0) is 0 Å². The number of hydrogen-bond acceptors (Lipinski definition) is 4.